The predicted molar refractivity (Wildman–Crippen MR) is 112 cm³/mol. The van der Waals surface area contributed by atoms with Gasteiger partial charge in [-0.05, 0) is 24.3 Å². The molecule has 0 spiro atoms. The third-order valence-electron chi connectivity index (χ3n) is 4.78. The molecular weight excluding hydrogens is 431 g/mol. The second kappa shape index (κ2) is 8.69. The van der Waals surface area contributed by atoms with Crippen LogP contribution in [0.15, 0.2) is 59.6 Å². The zero-order chi connectivity index (χ0) is 22.0. The number of aliphatic imine (C=N–C) groups is 1. The molecule has 2 amide bonds. The number of anilines is 2. The van der Waals surface area contributed by atoms with E-state index in [0.29, 0.717) is 17.4 Å². The normalized spacial score (nSPS) is 20.9. The number of hydrazine groups is 1. The van der Waals surface area contributed by atoms with E-state index in [-0.39, 0.29) is 17.3 Å². The molecule has 11 heteroatoms. The number of halogens is 3. The van der Waals surface area contributed by atoms with Crippen molar-refractivity contribution >= 4 is 40.1 Å². The van der Waals surface area contributed by atoms with Crippen LogP contribution in [0.3, 0.4) is 0 Å². The van der Waals surface area contributed by atoms with Gasteiger partial charge < -0.3 is 5.32 Å². The number of para-hydroxylation sites is 2. The highest BCUT2D eigenvalue weighted by molar-refractivity contribution is 8.14. The lowest BCUT2D eigenvalue weighted by Gasteiger charge is -2.32. The van der Waals surface area contributed by atoms with E-state index in [2.05, 4.69) is 21.2 Å². The number of carbonyl (C=O) groups excluding carboxylic acids is 2. The second-order valence-corrected chi connectivity index (χ2v) is 7.82. The van der Waals surface area contributed by atoms with Crippen LogP contribution in [0.5, 0.6) is 0 Å². The van der Waals surface area contributed by atoms with Crippen molar-refractivity contribution in [3.8, 4) is 0 Å². The van der Waals surface area contributed by atoms with Gasteiger partial charge in [0.2, 0.25) is 11.8 Å². The Labute approximate surface area is 180 Å². The zero-order valence-electron chi connectivity index (χ0n) is 16.0. The molecule has 7 nitrogen and oxygen atoms in total. The first-order chi connectivity index (χ1) is 14.8. The fourth-order valence-corrected chi connectivity index (χ4v) is 4.18. The number of carbonyl (C=O) groups is 2. The van der Waals surface area contributed by atoms with E-state index in [0.717, 1.165) is 17.8 Å². The number of amidine groups is 1. The van der Waals surface area contributed by atoms with Gasteiger partial charge in [0.25, 0.3) is 0 Å². The molecule has 0 saturated carbocycles. The summed E-state index contributed by atoms with van der Waals surface area (Å²) in [5, 5.41) is 2.60. The van der Waals surface area contributed by atoms with E-state index in [9.17, 15) is 22.8 Å². The molecule has 3 N–H and O–H groups in total. The Morgan fingerprint density at radius 3 is 2.61 bits per heavy atom. The van der Waals surface area contributed by atoms with Crippen LogP contribution < -0.4 is 21.1 Å². The molecule has 2 aliphatic heterocycles. The zero-order valence-corrected chi connectivity index (χ0v) is 16.8. The Kier molecular flexibility index (Phi) is 5.99. The first-order valence-corrected chi connectivity index (χ1v) is 10.4. The highest BCUT2D eigenvalue weighted by Crippen LogP contribution is 2.35. The van der Waals surface area contributed by atoms with Gasteiger partial charge in [0.15, 0.2) is 5.17 Å². The van der Waals surface area contributed by atoms with Crippen LogP contribution in [0, 0.1) is 5.92 Å². The highest BCUT2D eigenvalue weighted by Gasteiger charge is 2.42. The second-order valence-electron chi connectivity index (χ2n) is 6.88. The van der Waals surface area contributed by atoms with Crippen molar-refractivity contribution in [2.45, 2.75) is 12.3 Å². The molecule has 0 radical (unpaired) electrons. The van der Waals surface area contributed by atoms with Gasteiger partial charge in [-0.3, -0.25) is 19.9 Å². The van der Waals surface area contributed by atoms with Crippen molar-refractivity contribution in [2.24, 2.45) is 10.9 Å². The molecule has 2 aliphatic rings. The lowest BCUT2D eigenvalue weighted by molar-refractivity contribution is -0.137. The van der Waals surface area contributed by atoms with Crippen molar-refractivity contribution in [3.63, 3.8) is 0 Å². The number of hydrogen-bond donors (Lipinski definition) is 3. The van der Waals surface area contributed by atoms with Crippen molar-refractivity contribution < 1.29 is 22.8 Å². The molecule has 162 valence electrons. The van der Waals surface area contributed by atoms with E-state index in [1.54, 1.807) is 24.3 Å². The van der Waals surface area contributed by atoms with Crippen LogP contribution in [0.25, 0.3) is 0 Å². The third kappa shape index (κ3) is 4.58. The van der Waals surface area contributed by atoms with Crippen LogP contribution >= 0.6 is 11.8 Å². The summed E-state index contributed by atoms with van der Waals surface area (Å²) in [6, 6.07) is 13.7. The molecule has 1 fully saturated rings. The minimum Gasteiger partial charge on any atom is -0.325 e. The Bertz CT molecular complexity index is 1020. The van der Waals surface area contributed by atoms with Crippen molar-refractivity contribution in [2.75, 3.05) is 22.5 Å². The summed E-state index contributed by atoms with van der Waals surface area (Å²) >= 11 is 0.988. The maximum atomic E-state index is 13.1. The molecule has 2 aromatic rings. The quantitative estimate of drug-likeness (QED) is 0.669. The number of amides is 2. The van der Waals surface area contributed by atoms with E-state index in [1.165, 1.54) is 23.1 Å². The van der Waals surface area contributed by atoms with E-state index in [4.69, 9.17) is 0 Å². The summed E-state index contributed by atoms with van der Waals surface area (Å²) < 4.78 is 39.4. The average Bonchev–Trinajstić information content (AvgIpc) is 3.21. The highest BCUT2D eigenvalue weighted by atomic mass is 32.2. The number of rotatable bonds is 4. The third-order valence-corrected chi connectivity index (χ3v) is 5.74. The Hall–Kier alpha value is -2.89. The van der Waals surface area contributed by atoms with Crippen LogP contribution in [-0.2, 0) is 15.8 Å². The predicted octanol–water partition coefficient (Wildman–Crippen LogP) is 2.83. The molecule has 0 aliphatic carbocycles. The molecule has 4 rings (SSSR count). The number of benzene rings is 2. The van der Waals surface area contributed by atoms with Gasteiger partial charge in [0, 0.05) is 6.54 Å². The lowest BCUT2D eigenvalue weighted by atomic mass is 10.1. The minimum atomic E-state index is -4.59. The van der Waals surface area contributed by atoms with Gasteiger partial charge >= 0.3 is 6.18 Å². The van der Waals surface area contributed by atoms with Crippen LogP contribution in [0.2, 0.25) is 0 Å². The number of fused-ring (bicyclic) bond motifs is 1. The Morgan fingerprint density at radius 2 is 1.87 bits per heavy atom. The number of hydrogen-bond acceptors (Lipinski definition) is 6. The number of alkyl halides is 3. The molecule has 2 heterocycles. The first-order valence-electron chi connectivity index (χ1n) is 9.38. The Morgan fingerprint density at radius 1 is 1.16 bits per heavy atom. The SMILES string of the molecule is O=C(CSC1=NC2NNCC2C(=O)N1c1ccccc1)Nc1ccccc1C(F)(F)F. The summed E-state index contributed by atoms with van der Waals surface area (Å²) in [5.41, 5.74) is 5.19. The maximum absolute atomic E-state index is 13.1. The molecule has 0 bridgehead atoms. The topological polar surface area (TPSA) is 85.8 Å². The molecule has 2 aromatic carbocycles. The smallest absolute Gasteiger partial charge is 0.325 e. The van der Waals surface area contributed by atoms with Gasteiger partial charge in [-0.25, -0.2) is 10.4 Å². The van der Waals surface area contributed by atoms with Crippen molar-refractivity contribution in [1.29, 1.82) is 0 Å². The van der Waals surface area contributed by atoms with Gasteiger partial charge in [-0.1, -0.05) is 42.1 Å². The van der Waals surface area contributed by atoms with E-state index < -0.39 is 29.7 Å². The molecule has 2 atom stereocenters. The minimum absolute atomic E-state index is 0.172. The number of nitrogens with one attached hydrogen (secondary N) is 3. The monoisotopic (exact) mass is 449 g/mol. The molecule has 0 aromatic heterocycles. The van der Waals surface area contributed by atoms with Crippen LogP contribution in [-0.4, -0.2) is 35.4 Å². The van der Waals surface area contributed by atoms with Crippen molar-refractivity contribution in [1.82, 2.24) is 10.9 Å². The molecule has 1 saturated heterocycles. The average molecular weight is 449 g/mol. The summed E-state index contributed by atoms with van der Waals surface area (Å²) in [6.07, 6.45) is -5.05. The van der Waals surface area contributed by atoms with Crippen molar-refractivity contribution in [3.05, 3.63) is 60.2 Å². The summed E-state index contributed by atoms with van der Waals surface area (Å²) in [6.45, 7) is 0.420. The first kappa shape index (κ1) is 21.3. The van der Waals surface area contributed by atoms with Gasteiger partial charge in [-0.2, -0.15) is 13.2 Å². The summed E-state index contributed by atoms with van der Waals surface area (Å²) in [4.78, 5) is 31.4. The fraction of sp³-hybridized carbons (Fsp3) is 0.250. The molecule has 2 unspecified atom stereocenters. The van der Waals surface area contributed by atoms with Gasteiger partial charge in [0.1, 0.15) is 6.17 Å². The van der Waals surface area contributed by atoms with E-state index >= 15 is 0 Å². The van der Waals surface area contributed by atoms with Gasteiger partial charge in [0.05, 0.1) is 28.6 Å². The largest absolute Gasteiger partial charge is 0.418 e. The number of thioether (sulfide) groups is 1. The molecular formula is C20H18F3N5O2S. The van der Waals surface area contributed by atoms with Crippen LogP contribution in [0.4, 0.5) is 24.5 Å². The summed E-state index contributed by atoms with van der Waals surface area (Å²) in [7, 11) is 0. The standard InChI is InChI=1S/C20H18F3N5O2S/c21-20(22,23)14-8-4-5-9-15(14)25-16(29)11-31-19-26-17-13(10-24-27-17)18(30)28(19)12-6-2-1-3-7-12/h1-9,13,17,24,27H,10-11H2,(H,25,29). The summed E-state index contributed by atoms with van der Waals surface area (Å²) in [5.74, 6) is -1.41. The van der Waals surface area contributed by atoms with Crippen LogP contribution in [0.1, 0.15) is 5.56 Å². The van der Waals surface area contributed by atoms with Gasteiger partial charge in [-0.15, -0.1) is 0 Å². The van der Waals surface area contributed by atoms with E-state index in [1.807, 2.05) is 6.07 Å². The molecule has 31 heavy (non-hydrogen) atoms. The lowest BCUT2D eigenvalue weighted by Crippen LogP contribution is -2.49. The fourth-order valence-electron chi connectivity index (χ4n) is 3.34. The maximum Gasteiger partial charge on any atom is 0.418 e. The number of nitrogens with zero attached hydrogens (tertiary/aromatic N) is 2. The Balaban J connectivity index is 1.51.